The van der Waals surface area contributed by atoms with Crippen LogP contribution in [0.4, 0.5) is 0 Å². The molecule has 26 heavy (non-hydrogen) atoms. The Morgan fingerprint density at radius 1 is 1.38 bits per heavy atom. The Labute approximate surface area is 158 Å². The van der Waals surface area contributed by atoms with Gasteiger partial charge in [0.2, 0.25) is 5.91 Å². The summed E-state index contributed by atoms with van der Waals surface area (Å²) >= 11 is 1.89. The number of phosphoric ester groups is 1. The van der Waals surface area contributed by atoms with Crippen molar-refractivity contribution in [3.63, 3.8) is 0 Å². The SMILES string of the molecule is COC(=O)CCNC(=O)[C@@H]1OP(=O)(OCCC2CCCS2)OCC1(C)C. The van der Waals surface area contributed by atoms with Gasteiger partial charge in [0.15, 0.2) is 6.10 Å². The number of thioether (sulfide) groups is 1. The van der Waals surface area contributed by atoms with Crippen LogP contribution in [-0.4, -0.2) is 55.9 Å². The largest absolute Gasteiger partial charge is 0.475 e. The number of ether oxygens (including phenoxy) is 1. The highest BCUT2D eigenvalue weighted by molar-refractivity contribution is 8.00. The maximum atomic E-state index is 12.7. The van der Waals surface area contributed by atoms with E-state index in [-0.39, 0.29) is 26.2 Å². The maximum Gasteiger partial charge on any atom is 0.475 e. The molecule has 2 rings (SSSR count). The van der Waals surface area contributed by atoms with Crippen molar-refractivity contribution in [1.82, 2.24) is 5.32 Å². The number of phosphoric acid groups is 1. The maximum absolute atomic E-state index is 12.7. The van der Waals surface area contributed by atoms with Crippen LogP contribution >= 0.6 is 19.6 Å². The van der Waals surface area contributed by atoms with E-state index in [4.69, 9.17) is 13.6 Å². The minimum Gasteiger partial charge on any atom is -0.469 e. The molecule has 0 aliphatic carbocycles. The summed E-state index contributed by atoms with van der Waals surface area (Å²) in [6, 6.07) is 0. The quantitative estimate of drug-likeness (QED) is 0.482. The number of esters is 1. The lowest BCUT2D eigenvalue weighted by molar-refractivity contribution is -0.143. The number of methoxy groups -OCH3 is 1. The molecule has 2 fully saturated rings. The van der Waals surface area contributed by atoms with Crippen LogP contribution in [0.2, 0.25) is 0 Å². The lowest BCUT2D eigenvalue weighted by Gasteiger charge is -2.39. The molecule has 2 heterocycles. The molecular weight excluding hydrogens is 381 g/mol. The van der Waals surface area contributed by atoms with Gasteiger partial charge in [-0.05, 0) is 25.0 Å². The molecule has 0 radical (unpaired) electrons. The van der Waals surface area contributed by atoms with Crippen LogP contribution in [0, 0.1) is 5.41 Å². The fourth-order valence-electron chi connectivity index (χ4n) is 2.74. The van der Waals surface area contributed by atoms with E-state index in [2.05, 4.69) is 10.1 Å². The molecule has 2 aliphatic rings. The van der Waals surface area contributed by atoms with Gasteiger partial charge in [-0.15, -0.1) is 0 Å². The minimum atomic E-state index is -3.78. The number of hydrogen-bond donors (Lipinski definition) is 1. The molecule has 2 saturated heterocycles. The number of amides is 1. The van der Waals surface area contributed by atoms with Crippen LogP contribution in [0.15, 0.2) is 0 Å². The first-order valence-electron chi connectivity index (χ1n) is 8.79. The highest BCUT2D eigenvalue weighted by Gasteiger charge is 2.49. The predicted octanol–water partition coefficient (Wildman–Crippen LogP) is 2.52. The Morgan fingerprint density at radius 3 is 2.81 bits per heavy atom. The highest BCUT2D eigenvalue weighted by Crippen LogP contribution is 2.57. The predicted molar refractivity (Wildman–Crippen MR) is 97.9 cm³/mol. The average molecular weight is 409 g/mol. The fraction of sp³-hybridized carbons (Fsp3) is 0.875. The second kappa shape index (κ2) is 9.55. The van der Waals surface area contributed by atoms with E-state index in [0.717, 1.165) is 18.6 Å². The normalized spacial score (nSPS) is 30.7. The summed E-state index contributed by atoms with van der Waals surface area (Å²) < 4.78 is 33.5. The first kappa shape index (κ1) is 21.7. The molecule has 150 valence electrons. The smallest absolute Gasteiger partial charge is 0.469 e. The number of hydrogen-bond acceptors (Lipinski definition) is 8. The third kappa shape index (κ3) is 6.23. The second-order valence-electron chi connectivity index (χ2n) is 7.07. The summed E-state index contributed by atoms with van der Waals surface area (Å²) in [4.78, 5) is 23.6. The van der Waals surface area contributed by atoms with Gasteiger partial charge in [0.05, 0.1) is 26.7 Å². The zero-order chi connectivity index (χ0) is 19.2. The van der Waals surface area contributed by atoms with Crippen LogP contribution in [0.1, 0.15) is 39.5 Å². The summed E-state index contributed by atoms with van der Waals surface area (Å²) in [6.07, 6.45) is 2.18. The zero-order valence-corrected chi connectivity index (χ0v) is 17.2. The molecule has 1 amide bonds. The minimum absolute atomic E-state index is 0.0547. The van der Waals surface area contributed by atoms with E-state index in [1.807, 2.05) is 11.8 Å². The number of carbonyl (C=O) groups is 2. The molecule has 0 aromatic carbocycles. The van der Waals surface area contributed by atoms with Crippen molar-refractivity contribution >= 4 is 31.5 Å². The Bertz CT molecular complexity index is 551. The van der Waals surface area contributed by atoms with Gasteiger partial charge in [-0.1, -0.05) is 13.8 Å². The molecule has 10 heteroatoms. The van der Waals surface area contributed by atoms with Crippen LogP contribution < -0.4 is 5.32 Å². The van der Waals surface area contributed by atoms with E-state index in [9.17, 15) is 14.2 Å². The molecule has 2 aliphatic heterocycles. The van der Waals surface area contributed by atoms with Crippen molar-refractivity contribution in [1.29, 1.82) is 0 Å². The molecule has 0 saturated carbocycles. The van der Waals surface area contributed by atoms with Crippen LogP contribution in [-0.2, 0) is 32.5 Å². The summed E-state index contributed by atoms with van der Waals surface area (Å²) in [5.74, 6) is 0.283. The summed E-state index contributed by atoms with van der Waals surface area (Å²) in [5.41, 5.74) is -0.673. The third-order valence-corrected chi connectivity index (χ3v) is 7.23. The van der Waals surface area contributed by atoms with Gasteiger partial charge in [-0.25, -0.2) is 4.57 Å². The first-order valence-corrected chi connectivity index (χ1v) is 11.3. The third-order valence-electron chi connectivity index (χ3n) is 4.35. The molecule has 3 atom stereocenters. The fourth-order valence-corrected chi connectivity index (χ4v) is 5.66. The van der Waals surface area contributed by atoms with Crippen molar-refractivity contribution in [3.8, 4) is 0 Å². The van der Waals surface area contributed by atoms with Gasteiger partial charge >= 0.3 is 13.8 Å². The van der Waals surface area contributed by atoms with Crippen molar-refractivity contribution in [2.75, 3.05) is 32.6 Å². The van der Waals surface area contributed by atoms with E-state index in [1.165, 1.54) is 13.5 Å². The molecule has 0 aromatic rings. The molecular formula is C16H28NO7PS. The Hall–Kier alpha value is -0.600. The van der Waals surface area contributed by atoms with Crippen molar-refractivity contribution in [2.45, 2.75) is 50.9 Å². The summed E-state index contributed by atoms with van der Waals surface area (Å²) in [6.45, 7) is 4.04. The molecule has 0 bridgehead atoms. The number of rotatable bonds is 8. The molecule has 8 nitrogen and oxygen atoms in total. The van der Waals surface area contributed by atoms with Crippen molar-refractivity contribution in [2.24, 2.45) is 5.41 Å². The van der Waals surface area contributed by atoms with Gasteiger partial charge in [0.1, 0.15) is 0 Å². The Balaban J connectivity index is 1.86. The molecule has 1 N–H and O–H groups in total. The van der Waals surface area contributed by atoms with Crippen molar-refractivity contribution < 1.29 is 32.5 Å². The van der Waals surface area contributed by atoms with Gasteiger partial charge in [-0.2, -0.15) is 11.8 Å². The summed E-state index contributed by atoms with van der Waals surface area (Å²) in [5, 5.41) is 3.13. The zero-order valence-electron chi connectivity index (χ0n) is 15.5. The van der Waals surface area contributed by atoms with Crippen LogP contribution in [0.25, 0.3) is 0 Å². The van der Waals surface area contributed by atoms with E-state index < -0.39 is 31.2 Å². The molecule has 2 unspecified atom stereocenters. The second-order valence-corrected chi connectivity index (χ2v) is 10.1. The van der Waals surface area contributed by atoms with Gasteiger partial charge < -0.3 is 10.1 Å². The molecule has 0 spiro atoms. The number of carbonyl (C=O) groups excluding carboxylic acids is 2. The average Bonchev–Trinajstić information content (AvgIpc) is 3.10. The first-order chi connectivity index (χ1) is 12.3. The lowest BCUT2D eigenvalue weighted by atomic mass is 9.87. The molecule has 0 aromatic heterocycles. The van der Waals surface area contributed by atoms with Crippen LogP contribution in [0.3, 0.4) is 0 Å². The lowest BCUT2D eigenvalue weighted by Crippen LogP contribution is -2.50. The Morgan fingerprint density at radius 2 is 2.15 bits per heavy atom. The van der Waals surface area contributed by atoms with E-state index in [1.54, 1.807) is 13.8 Å². The monoisotopic (exact) mass is 409 g/mol. The van der Waals surface area contributed by atoms with Gasteiger partial charge in [0.25, 0.3) is 0 Å². The summed E-state index contributed by atoms with van der Waals surface area (Å²) in [7, 11) is -2.49. The standard InChI is InChI=1S/C16H28NO7PS/c1-16(2)11-23-25(20,22-9-7-12-5-4-10-26-12)24-14(16)15(19)17-8-6-13(18)21-3/h12,14H,4-11H2,1-3H3,(H,17,19)/t12?,14-,25?/m0/s1. The van der Waals surface area contributed by atoms with E-state index in [0.29, 0.717) is 5.25 Å². The van der Waals surface area contributed by atoms with Crippen molar-refractivity contribution in [3.05, 3.63) is 0 Å². The topological polar surface area (TPSA) is 100 Å². The number of nitrogens with one attached hydrogen (secondary N) is 1. The van der Waals surface area contributed by atoms with Gasteiger partial charge in [-0.3, -0.25) is 23.2 Å². The highest BCUT2D eigenvalue weighted by atomic mass is 32.2. The van der Waals surface area contributed by atoms with Gasteiger partial charge in [0, 0.05) is 17.2 Å². The van der Waals surface area contributed by atoms with Crippen LogP contribution in [0.5, 0.6) is 0 Å². The Kier molecular flexibility index (Phi) is 7.97. The van der Waals surface area contributed by atoms with E-state index >= 15 is 0 Å².